The standard InChI is InChI=1S/C19H21FN2O4S/c1-3-19(11-26-12-19)22-27(24,25)16-6-4-5-14(10-16)18(23)21-15-7-8-17(20)13(2)9-15/h4-10,22H,3,11-12H2,1-2H3,(H,21,23). The molecule has 1 saturated heterocycles. The van der Waals surface area contributed by atoms with E-state index in [0.29, 0.717) is 30.9 Å². The highest BCUT2D eigenvalue weighted by atomic mass is 32.2. The predicted octanol–water partition coefficient (Wildman–Crippen LogP) is 2.84. The summed E-state index contributed by atoms with van der Waals surface area (Å²) >= 11 is 0. The van der Waals surface area contributed by atoms with E-state index in [0.717, 1.165) is 0 Å². The molecule has 0 unspecified atom stereocenters. The van der Waals surface area contributed by atoms with Crippen LogP contribution < -0.4 is 10.0 Å². The van der Waals surface area contributed by atoms with Gasteiger partial charge in [0.2, 0.25) is 10.0 Å². The highest BCUT2D eigenvalue weighted by Crippen LogP contribution is 2.24. The van der Waals surface area contributed by atoms with Crippen LogP contribution >= 0.6 is 0 Å². The normalized spacial score (nSPS) is 15.8. The lowest BCUT2D eigenvalue weighted by atomic mass is 9.96. The number of amides is 1. The van der Waals surface area contributed by atoms with Gasteiger partial charge in [0.05, 0.1) is 23.6 Å². The molecule has 144 valence electrons. The largest absolute Gasteiger partial charge is 0.377 e. The molecular formula is C19H21FN2O4S. The van der Waals surface area contributed by atoms with Gasteiger partial charge in [-0.25, -0.2) is 17.5 Å². The molecule has 2 aromatic rings. The fourth-order valence-electron chi connectivity index (χ4n) is 2.76. The van der Waals surface area contributed by atoms with Crippen LogP contribution in [-0.2, 0) is 14.8 Å². The minimum absolute atomic E-state index is 0.00478. The Bertz CT molecular complexity index is 966. The van der Waals surface area contributed by atoms with Crippen LogP contribution in [0.4, 0.5) is 10.1 Å². The first-order chi connectivity index (χ1) is 12.7. The van der Waals surface area contributed by atoms with Gasteiger partial charge in [-0.2, -0.15) is 0 Å². The Kier molecular flexibility index (Phi) is 5.32. The van der Waals surface area contributed by atoms with Gasteiger partial charge >= 0.3 is 0 Å². The molecule has 0 saturated carbocycles. The van der Waals surface area contributed by atoms with Crippen LogP contribution in [0.5, 0.6) is 0 Å². The van der Waals surface area contributed by atoms with E-state index in [2.05, 4.69) is 10.0 Å². The molecule has 0 spiro atoms. The highest BCUT2D eigenvalue weighted by Gasteiger charge is 2.40. The summed E-state index contributed by atoms with van der Waals surface area (Å²) in [6.07, 6.45) is 0.607. The molecule has 1 amide bonds. The molecule has 6 nitrogen and oxygen atoms in total. The molecule has 0 bridgehead atoms. The zero-order chi connectivity index (χ0) is 19.7. The second kappa shape index (κ2) is 7.38. The van der Waals surface area contributed by atoms with Crippen molar-refractivity contribution in [3.8, 4) is 0 Å². The number of rotatable bonds is 6. The fourth-order valence-corrected chi connectivity index (χ4v) is 4.25. The summed E-state index contributed by atoms with van der Waals surface area (Å²) in [5, 5.41) is 2.65. The first-order valence-corrected chi connectivity index (χ1v) is 10.0. The Balaban J connectivity index is 1.80. The van der Waals surface area contributed by atoms with Crippen LogP contribution in [0.3, 0.4) is 0 Å². The molecule has 1 aliphatic rings. The van der Waals surface area contributed by atoms with E-state index in [9.17, 15) is 17.6 Å². The third-order valence-electron chi connectivity index (χ3n) is 4.61. The molecule has 0 aliphatic carbocycles. The molecule has 1 fully saturated rings. The van der Waals surface area contributed by atoms with Crippen molar-refractivity contribution in [3.05, 3.63) is 59.4 Å². The first kappa shape index (κ1) is 19.5. The van der Waals surface area contributed by atoms with Gasteiger partial charge < -0.3 is 10.1 Å². The first-order valence-electron chi connectivity index (χ1n) is 8.54. The smallest absolute Gasteiger partial charge is 0.255 e. The highest BCUT2D eigenvalue weighted by molar-refractivity contribution is 7.89. The fraction of sp³-hybridized carbons (Fsp3) is 0.316. The third kappa shape index (κ3) is 4.18. The van der Waals surface area contributed by atoms with E-state index in [1.165, 1.54) is 42.5 Å². The van der Waals surface area contributed by atoms with Crippen molar-refractivity contribution in [2.75, 3.05) is 18.5 Å². The number of aryl methyl sites for hydroxylation is 1. The van der Waals surface area contributed by atoms with E-state index < -0.39 is 21.5 Å². The topological polar surface area (TPSA) is 84.5 Å². The van der Waals surface area contributed by atoms with E-state index in [-0.39, 0.29) is 16.3 Å². The summed E-state index contributed by atoms with van der Waals surface area (Å²) in [5.41, 5.74) is 0.431. The van der Waals surface area contributed by atoms with Crippen LogP contribution in [0.15, 0.2) is 47.4 Å². The Morgan fingerprint density at radius 2 is 1.96 bits per heavy atom. The second-order valence-electron chi connectivity index (χ2n) is 6.68. The summed E-state index contributed by atoms with van der Waals surface area (Å²) in [6, 6.07) is 10.0. The SMILES string of the molecule is CCC1(NS(=O)(=O)c2cccc(C(=O)Nc3ccc(F)c(C)c3)c2)COC1. The van der Waals surface area contributed by atoms with E-state index in [1.807, 2.05) is 6.92 Å². The Morgan fingerprint density at radius 3 is 2.56 bits per heavy atom. The summed E-state index contributed by atoms with van der Waals surface area (Å²) in [7, 11) is -3.79. The van der Waals surface area contributed by atoms with Gasteiger partial charge in [0, 0.05) is 11.3 Å². The Labute approximate surface area is 157 Å². The predicted molar refractivity (Wildman–Crippen MR) is 99.7 cm³/mol. The van der Waals surface area contributed by atoms with Crippen molar-refractivity contribution in [2.45, 2.75) is 30.7 Å². The Hall–Kier alpha value is -2.29. The number of sulfonamides is 1. The van der Waals surface area contributed by atoms with E-state index >= 15 is 0 Å². The second-order valence-corrected chi connectivity index (χ2v) is 8.36. The van der Waals surface area contributed by atoms with Crippen LogP contribution in [-0.4, -0.2) is 33.1 Å². The zero-order valence-electron chi connectivity index (χ0n) is 15.1. The molecule has 2 aromatic carbocycles. The molecule has 1 heterocycles. The molecule has 0 atom stereocenters. The van der Waals surface area contributed by atoms with Crippen LogP contribution in [0.1, 0.15) is 29.3 Å². The van der Waals surface area contributed by atoms with Crippen molar-refractivity contribution >= 4 is 21.6 Å². The monoisotopic (exact) mass is 392 g/mol. The van der Waals surface area contributed by atoms with Crippen molar-refractivity contribution in [1.29, 1.82) is 0 Å². The lowest BCUT2D eigenvalue weighted by Gasteiger charge is -2.40. The number of hydrogen-bond donors (Lipinski definition) is 2. The number of halogens is 1. The zero-order valence-corrected chi connectivity index (χ0v) is 15.9. The van der Waals surface area contributed by atoms with Gasteiger partial charge in [-0.3, -0.25) is 4.79 Å². The van der Waals surface area contributed by atoms with Crippen LogP contribution in [0, 0.1) is 12.7 Å². The third-order valence-corrected chi connectivity index (χ3v) is 6.18. The van der Waals surface area contributed by atoms with Gasteiger partial charge in [-0.15, -0.1) is 0 Å². The number of benzene rings is 2. The quantitative estimate of drug-likeness (QED) is 0.792. The van der Waals surface area contributed by atoms with Gasteiger partial charge in [0.25, 0.3) is 5.91 Å². The maximum Gasteiger partial charge on any atom is 0.255 e. The minimum atomic E-state index is -3.79. The van der Waals surface area contributed by atoms with Crippen LogP contribution in [0.25, 0.3) is 0 Å². The molecule has 0 radical (unpaired) electrons. The minimum Gasteiger partial charge on any atom is -0.377 e. The number of hydrogen-bond acceptors (Lipinski definition) is 4. The van der Waals surface area contributed by atoms with E-state index in [1.54, 1.807) is 6.92 Å². The molecule has 27 heavy (non-hydrogen) atoms. The Morgan fingerprint density at radius 1 is 1.22 bits per heavy atom. The maximum absolute atomic E-state index is 13.3. The number of ether oxygens (including phenoxy) is 1. The summed E-state index contributed by atoms with van der Waals surface area (Å²) in [6.45, 7) is 4.14. The number of carbonyl (C=O) groups is 1. The summed E-state index contributed by atoms with van der Waals surface area (Å²) < 4.78 is 46.5. The van der Waals surface area contributed by atoms with Gasteiger partial charge in [0.15, 0.2) is 0 Å². The lowest BCUT2D eigenvalue weighted by Crippen LogP contribution is -2.61. The van der Waals surface area contributed by atoms with Crippen molar-refractivity contribution in [2.24, 2.45) is 0 Å². The van der Waals surface area contributed by atoms with Gasteiger partial charge in [0.1, 0.15) is 5.82 Å². The number of nitrogens with one attached hydrogen (secondary N) is 2. The average Bonchev–Trinajstić information content (AvgIpc) is 2.61. The molecule has 2 N–H and O–H groups in total. The molecule has 3 rings (SSSR count). The van der Waals surface area contributed by atoms with Crippen LogP contribution in [0.2, 0.25) is 0 Å². The van der Waals surface area contributed by atoms with Crippen molar-refractivity contribution < 1.29 is 22.3 Å². The van der Waals surface area contributed by atoms with Crippen molar-refractivity contribution in [1.82, 2.24) is 4.72 Å². The molecular weight excluding hydrogens is 371 g/mol. The molecule has 0 aromatic heterocycles. The van der Waals surface area contributed by atoms with E-state index in [4.69, 9.17) is 4.74 Å². The number of anilines is 1. The average molecular weight is 392 g/mol. The summed E-state index contributed by atoms with van der Waals surface area (Å²) in [5.74, 6) is -0.841. The maximum atomic E-state index is 13.3. The molecule has 8 heteroatoms. The molecule has 1 aliphatic heterocycles. The lowest BCUT2D eigenvalue weighted by molar-refractivity contribution is -0.0641. The van der Waals surface area contributed by atoms with Gasteiger partial charge in [-0.1, -0.05) is 13.0 Å². The number of carbonyl (C=O) groups excluding carboxylic acids is 1. The summed E-state index contributed by atoms with van der Waals surface area (Å²) in [4.78, 5) is 12.5. The van der Waals surface area contributed by atoms with Crippen molar-refractivity contribution in [3.63, 3.8) is 0 Å². The van der Waals surface area contributed by atoms with Gasteiger partial charge in [-0.05, 0) is 55.3 Å².